The number of carbonyl (C=O) groups excluding carboxylic acids is 1. The van der Waals surface area contributed by atoms with Crippen LogP contribution in [0.5, 0.6) is 5.75 Å². The Morgan fingerprint density at radius 3 is 1.84 bits per heavy atom. The molecule has 1 aromatic carbocycles. The average molecular weight is 450 g/mol. The number of carboxylic acids is 1. The minimum Gasteiger partial charge on any atom is -0.494 e. The Bertz CT molecular complexity index is 603. The Labute approximate surface area is 194 Å². The highest BCUT2D eigenvalue weighted by Gasteiger charge is 2.02. The van der Waals surface area contributed by atoms with E-state index in [1.54, 1.807) is 24.3 Å². The van der Waals surface area contributed by atoms with Crippen LogP contribution in [-0.2, 0) is 9.53 Å². The molecule has 6 heteroatoms. The van der Waals surface area contributed by atoms with Gasteiger partial charge in [-0.2, -0.15) is 0 Å². The van der Waals surface area contributed by atoms with Crippen molar-refractivity contribution in [1.82, 2.24) is 5.32 Å². The Hall–Kier alpha value is -2.08. The molecule has 0 bridgehead atoms. The molecular weight excluding hydrogens is 406 g/mol. The minimum atomic E-state index is -0.914. The molecule has 0 saturated heterocycles. The van der Waals surface area contributed by atoms with Gasteiger partial charge in [0, 0.05) is 19.6 Å². The van der Waals surface area contributed by atoms with E-state index in [1.165, 1.54) is 57.8 Å². The third-order valence-corrected chi connectivity index (χ3v) is 5.44. The first kappa shape index (κ1) is 28.0. The van der Waals surface area contributed by atoms with E-state index in [9.17, 15) is 9.59 Å². The van der Waals surface area contributed by atoms with Crippen molar-refractivity contribution in [3.05, 3.63) is 29.8 Å². The van der Waals surface area contributed by atoms with Crippen LogP contribution < -0.4 is 10.1 Å². The summed E-state index contributed by atoms with van der Waals surface area (Å²) in [6, 6.07) is 6.57. The molecule has 0 atom stereocenters. The summed E-state index contributed by atoms with van der Waals surface area (Å²) in [7, 11) is 0. The summed E-state index contributed by atoms with van der Waals surface area (Å²) < 4.78 is 10.9. The second kappa shape index (κ2) is 19.6. The van der Waals surface area contributed by atoms with Crippen LogP contribution in [0.2, 0.25) is 0 Å². The molecule has 32 heavy (non-hydrogen) atoms. The highest BCUT2D eigenvalue weighted by Crippen LogP contribution is 2.14. The van der Waals surface area contributed by atoms with Crippen LogP contribution in [0.1, 0.15) is 101 Å². The second-order valence-corrected chi connectivity index (χ2v) is 8.22. The standard InChI is InChI=1S/C26H43NO5/c1-2-31-22-20-27-25(28)15-13-11-9-7-5-3-4-6-8-10-12-14-21-32-24-18-16-23(17-19-24)26(29)30/h16-19H,2-15,20-22H2,1H3,(H,27,28)(H,29,30). The van der Waals surface area contributed by atoms with Crippen molar-refractivity contribution in [3.8, 4) is 5.75 Å². The lowest BCUT2D eigenvalue weighted by atomic mass is 10.0. The van der Waals surface area contributed by atoms with E-state index in [0.717, 1.165) is 25.0 Å². The zero-order valence-corrected chi connectivity index (χ0v) is 19.9. The van der Waals surface area contributed by atoms with Crippen LogP contribution in [0, 0.1) is 0 Å². The normalized spacial score (nSPS) is 10.8. The Balaban J connectivity index is 1.79. The Morgan fingerprint density at radius 2 is 1.31 bits per heavy atom. The van der Waals surface area contributed by atoms with Gasteiger partial charge in [0.1, 0.15) is 5.75 Å². The first-order valence-corrected chi connectivity index (χ1v) is 12.4. The number of unbranched alkanes of at least 4 members (excludes halogenated alkanes) is 11. The predicted molar refractivity (Wildman–Crippen MR) is 128 cm³/mol. The molecule has 0 aromatic heterocycles. The molecule has 0 unspecified atom stereocenters. The molecule has 182 valence electrons. The van der Waals surface area contributed by atoms with E-state index in [0.29, 0.717) is 32.8 Å². The monoisotopic (exact) mass is 449 g/mol. The quantitative estimate of drug-likeness (QED) is 0.225. The summed E-state index contributed by atoms with van der Waals surface area (Å²) in [6.45, 7) is 4.55. The maximum absolute atomic E-state index is 11.6. The molecule has 1 rings (SSSR count). The van der Waals surface area contributed by atoms with Crippen LogP contribution in [0.4, 0.5) is 0 Å². The zero-order chi connectivity index (χ0) is 23.3. The van der Waals surface area contributed by atoms with Gasteiger partial charge in [-0.3, -0.25) is 4.79 Å². The second-order valence-electron chi connectivity index (χ2n) is 8.22. The molecule has 0 fully saturated rings. The maximum atomic E-state index is 11.6. The number of carboxylic acid groups (broad SMARTS) is 1. The lowest BCUT2D eigenvalue weighted by Gasteiger charge is -2.07. The third kappa shape index (κ3) is 15.7. The van der Waals surface area contributed by atoms with Gasteiger partial charge in [-0.25, -0.2) is 4.79 Å². The molecule has 0 aliphatic carbocycles. The van der Waals surface area contributed by atoms with Gasteiger partial charge >= 0.3 is 5.97 Å². The minimum absolute atomic E-state index is 0.144. The van der Waals surface area contributed by atoms with Crippen molar-refractivity contribution in [2.24, 2.45) is 0 Å². The lowest BCUT2D eigenvalue weighted by molar-refractivity contribution is -0.121. The fraction of sp³-hybridized carbons (Fsp3) is 0.692. The molecule has 0 aliphatic heterocycles. The molecule has 1 amide bonds. The first-order chi connectivity index (χ1) is 15.6. The molecule has 1 aromatic rings. The van der Waals surface area contributed by atoms with Crippen molar-refractivity contribution >= 4 is 11.9 Å². The summed E-state index contributed by atoms with van der Waals surface area (Å²) in [5.41, 5.74) is 0.283. The van der Waals surface area contributed by atoms with Gasteiger partial charge in [-0.1, -0.05) is 64.2 Å². The lowest BCUT2D eigenvalue weighted by Crippen LogP contribution is -2.26. The average Bonchev–Trinajstić information content (AvgIpc) is 2.79. The first-order valence-electron chi connectivity index (χ1n) is 12.4. The SMILES string of the molecule is CCOCCNC(=O)CCCCCCCCCCCCCCOc1ccc(C(=O)O)cc1. The van der Waals surface area contributed by atoms with Crippen LogP contribution in [0.15, 0.2) is 24.3 Å². The van der Waals surface area contributed by atoms with E-state index < -0.39 is 5.97 Å². The number of hydrogen-bond donors (Lipinski definition) is 2. The molecule has 0 radical (unpaired) electrons. The van der Waals surface area contributed by atoms with E-state index in [2.05, 4.69) is 5.32 Å². The van der Waals surface area contributed by atoms with Crippen LogP contribution in [-0.4, -0.2) is 43.3 Å². The Morgan fingerprint density at radius 1 is 0.781 bits per heavy atom. The smallest absolute Gasteiger partial charge is 0.335 e. The molecule has 2 N–H and O–H groups in total. The van der Waals surface area contributed by atoms with Crippen LogP contribution in [0.3, 0.4) is 0 Å². The maximum Gasteiger partial charge on any atom is 0.335 e. The van der Waals surface area contributed by atoms with Gasteiger partial charge in [0.25, 0.3) is 0 Å². The van der Waals surface area contributed by atoms with Gasteiger partial charge in [-0.05, 0) is 44.0 Å². The van der Waals surface area contributed by atoms with Gasteiger partial charge in [-0.15, -0.1) is 0 Å². The number of ether oxygens (including phenoxy) is 2. The summed E-state index contributed by atoms with van der Waals surface area (Å²) in [4.78, 5) is 22.4. The number of aromatic carboxylic acids is 1. The number of benzene rings is 1. The molecule has 0 heterocycles. The number of nitrogens with one attached hydrogen (secondary N) is 1. The fourth-order valence-corrected chi connectivity index (χ4v) is 3.53. The van der Waals surface area contributed by atoms with Gasteiger partial charge in [0.2, 0.25) is 5.91 Å². The number of carbonyl (C=O) groups is 2. The van der Waals surface area contributed by atoms with E-state index in [4.69, 9.17) is 14.6 Å². The van der Waals surface area contributed by atoms with E-state index in [-0.39, 0.29) is 11.5 Å². The summed E-state index contributed by atoms with van der Waals surface area (Å²) >= 11 is 0. The zero-order valence-electron chi connectivity index (χ0n) is 19.9. The van der Waals surface area contributed by atoms with Gasteiger partial charge in [0.15, 0.2) is 0 Å². The van der Waals surface area contributed by atoms with Gasteiger partial charge in [0.05, 0.1) is 18.8 Å². The molecule has 0 saturated carbocycles. The van der Waals surface area contributed by atoms with Crippen molar-refractivity contribution in [1.29, 1.82) is 0 Å². The molecule has 0 aliphatic rings. The summed E-state index contributed by atoms with van der Waals surface area (Å²) in [5, 5.41) is 11.8. The number of rotatable bonds is 21. The molecular formula is C26H43NO5. The predicted octanol–water partition coefficient (Wildman–Crippen LogP) is 5.99. The van der Waals surface area contributed by atoms with Crippen molar-refractivity contribution in [2.75, 3.05) is 26.4 Å². The number of hydrogen-bond acceptors (Lipinski definition) is 4. The van der Waals surface area contributed by atoms with Crippen molar-refractivity contribution < 1.29 is 24.2 Å². The summed E-state index contributed by atoms with van der Waals surface area (Å²) in [6.07, 6.45) is 15.2. The Kier molecular flexibility index (Phi) is 17.1. The largest absolute Gasteiger partial charge is 0.494 e. The highest BCUT2D eigenvalue weighted by molar-refractivity contribution is 5.87. The van der Waals surface area contributed by atoms with E-state index in [1.807, 2.05) is 6.92 Å². The number of amides is 1. The molecule has 0 spiro atoms. The fourth-order valence-electron chi connectivity index (χ4n) is 3.53. The van der Waals surface area contributed by atoms with Crippen molar-refractivity contribution in [2.45, 2.75) is 90.4 Å². The third-order valence-electron chi connectivity index (χ3n) is 5.44. The van der Waals surface area contributed by atoms with Crippen LogP contribution >= 0.6 is 0 Å². The summed E-state index contributed by atoms with van der Waals surface area (Å²) in [5.74, 6) is -0.0382. The van der Waals surface area contributed by atoms with Gasteiger partial charge < -0.3 is 19.9 Å². The highest BCUT2D eigenvalue weighted by atomic mass is 16.5. The topological polar surface area (TPSA) is 84.9 Å². The molecule has 6 nitrogen and oxygen atoms in total. The van der Waals surface area contributed by atoms with Crippen molar-refractivity contribution in [3.63, 3.8) is 0 Å². The van der Waals surface area contributed by atoms with Crippen LogP contribution in [0.25, 0.3) is 0 Å². The van der Waals surface area contributed by atoms with E-state index >= 15 is 0 Å².